The minimum atomic E-state index is -0.434. The summed E-state index contributed by atoms with van der Waals surface area (Å²) in [7, 11) is 0. The van der Waals surface area contributed by atoms with Gasteiger partial charge < -0.3 is 14.3 Å². The van der Waals surface area contributed by atoms with Crippen molar-refractivity contribution in [1.29, 1.82) is 0 Å². The zero-order chi connectivity index (χ0) is 19.3. The predicted octanol–water partition coefficient (Wildman–Crippen LogP) is 4.61. The predicted molar refractivity (Wildman–Crippen MR) is 112 cm³/mol. The summed E-state index contributed by atoms with van der Waals surface area (Å²) in [6.45, 7) is 11.5. The Hall–Kier alpha value is -1.84. The molecule has 0 radical (unpaired) electrons. The van der Waals surface area contributed by atoms with E-state index in [1.54, 1.807) is 0 Å². The Labute approximate surface area is 164 Å². The van der Waals surface area contributed by atoms with E-state index in [2.05, 4.69) is 45.0 Å². The van der Waals surface area contributed by atoms with E-state index in [4.69, 9.17) is 4.74 Å². The molecule has 146 valence electrons. The molecule has 1 fully saturated rings. The van der Waals surface area contributed by atoms with Crippen LogP contribution in [0.3, 0.4) is 0 Å². The number of ether oxygens (including phenoxy) is 1. The molecule has 3 nitrogen and oxygen atoms in total. The van der Waals surface area contributed by atoms with Crippen molar-refractivity contribution in [1.82, 2.24) is 0 Å². The maximum atomic E-state index is 10.6. The second-order valence-electron chi connectivity index (χ2n) is 8.51. The third-order valence-corrected chi connectivity index (χ3v) is 5.88. The van der Waals surface area contributed by atoms with Crippen molar-refractivity contribution >= 4 is 0 Å². The minimum absolute atomic E-state index is 0.355. The van der Waals surface area contributed by atoms with Crippen LogP contribution < -0.4 is 4.74 Å². The number of likely N-dealkylation sites (tertiary alicyclic amines) is 1. The highest BCUT2D eigenvalue weighted by atomic mass is 16.5. The zero-order valence-electron chi connectivity index (χ0n) is 17.0. The maximum Gasteiger partial charge on any atom is 0.137 e. The highest BCUT2D eigenvalue weighted by molar-refractivity contribution is 5.63. The third kappa shape index (κ3) is 5.33. The largest absolute Gasteiger partial charge is 0.491 e. The lowest BCUT2D eigenvalue weighted by Crippen LogP contribution is -2.59. The summed E-state index contributed by atoms with van der Waals surface area (Å²) in [5.74, 6) is 2.27. The smallest absolute Gasteiger partial charge is 0.137 e. The lowest BCUT2D eigenvalue weighted by molar-refractivity contribution is -0.940. The lowest BCUT2D eigenvalue weighted by atomic mass is 9.89. The van der Waals surface area contributed by atoms with Crippen LogP contribution in [0.4, 0.5) is 0 Å². The Kier molecular flexibility index (Phi) is 6.56. The molecular weight excluding hydrogens is 334 g/mol. The van der Waals surface area contributed by atoms with E-state index in [9.17, 15) is 5.11 Å². The molecule has 1 aliphatic heterocycles. The second-order valence-corrected chi connectivity index (χ2v) is 8.51. The van der Waals surface area contributed by atoms with Crippen LogP contribution >= 0.6 is 0 Å². The number of benzene rings is 2. The number of hydrogen-bond acceptors (Lipinski definition) is 2. The van der Waals surface area contributed by atoms with Crippen molar-refractivity contribution in [3.8, 4) is 16.9 Å². The molecule has 3 atom stereocenters. The molecule has 0 saturated carbocycles. The molecule has 0 aromatic heterocycles. The van der Waals surface area contributed by atoms with Gasteiger partial charge in [0.2, 0.25) is 0 Å². The highest BCUT2D eigenvalue weighted by Gasteiger charge is 2.37. The Bertz CT molecular complexity index is 688. The van der Waals surface area contributed by atoms with Crippen LogP contribution in [0.15, 0.2) is 54.6 Å². The summed E-state index contributed by atoms with van der Waals surface area (Å²) >= 11 is 0. The number of quaternary nitrogens is 1. The van der Waals surface area contributed by atoms with E-state index >= 15 is 0 Å². The van der Waals surface area contributed by atoms with Gasteiger partial charge in [-0.2, -0.15) is 0 Å². The molecule has 0 aliphatic carbocycles. The van der Waals surface area contributed by atoms with E-state index < -0.39 is 6.10 Å². The average Bonchev–Trinajstić information content (AvgIpc) is 2.66. The lowest BCUT2D eigenvalue weighted by Gasteiger charge is -2.46. The monoisotopic (exact) mass is 368 g/mol. The van der Waals surface area contributed by atoms with E-state index in [1.807, 2.05) is 30.3 Å². The summed E-state index contributed by atoms with van der Waals surface area (Å²) in [5.41, 5.74) is 2.38. The number of likely N-dealkylation sites (N-methyl/N-ethyl adjacent to an activating group) is 1. The molecule has 0 bridgehead atoms. The molecule has 1 saturated heterocycles. The molecule has 0 spiro atoms. The van der Waals surface area contributed by atoms with Crippen LogP contribution in [-0.2, 0) is 0 Å². The SMILES string of the molecule is CC[N+]1(CC(O)COc2ccc(-c3ccccc3)cc2)CC(C)CC(C)C1. The number of piperidine rings is 1. The van der Waals surface area contributed by atoms with Crippen LogP contribution in [0.1, 0.15) is 27.2 Å². The molecule has 3 unspecified atom stereocenters. The van der Waals surface area contributed by atoms with Crippen LogP contribution in [0.2, 0.25) is 0 Å². The fourth-order valence-electron chi connectivity index (χ4n) is 4.84. The van der Waals surface area contributed by atoms with Gasteiger partial charge in [0.1, 0.15) is 25.0 Å². The first-order valence-corrected chi connectivity index (χ1v) is 10.3. The van der Waals surface area contributed by atoms with Crippen LogP contribution in [0.25, 0.3) is 11.1 Å². The fraction of sp³-hybridized carbons (Fsp3) is 0.500. The molecule has 2 aromatic rings. The third-order valence-electron chi connectivity index (χ3n) is 5.88. The molecule has 1 aliphatic rings. The zero-order valence-corrected chi connectivity index (χ0v) is 17.0. The quantitative estimate of drug-likeness (QED) is 0.724. The number of aliphatic hydroxyl groups is 1. The van der Waals surface area contributed by atoms with Crippen molar-refractivity contribution in [2.75, 3.05) is 32.8 Å². The minimum Gasteiger partial charge on any atom is -0.491 e. The molecule has 0 amide bonds. The first-order chi connectivity index (χ1) is 13.0. The summed E-state index contributed by atoms with van der Waals surface area (Å²) in [6, 6.07) is 18.5. The summed E-state index contributed by atoms with van der Waals surface area (Å²) < 4.78 is 6.90. The van der Waals surface area contributed by atoms with Crippen molar-refractivity contribution in [2.24, 2.45) is 11.8 Å². The van der Waals surface area contributed by atoms with Crippen molar-refractivity contribution < 1.29 is 14.3 Å². The van der Waals surface area contributed by atoms with Crippen LogP contribution in [0.5, 0.6) is 5.75 Å². The van der Waals surface area contributed by atoms with Gasteiger partial charge in [0, 0.05) is 11.8 Å². The second kappa shape index (κ2) is 8.90. The van der Waals surface area contributed by atoms with E-state index in [1.165, 1.54) is 30.6 Å². The van der Waals surface area contributed by atoms with Gasteiger partial charge >= 0.3 is 0 Å². The van der Waals surface area contributed by atoms with E-state index in [0.717, 1.165) is 35.2 Å². The number of nitrogens with zero attached hydrogens (tertiary/aromatic N) is 1. The first-order valence-electron chi connectivity index (χ1n) is 10.3. The van der Waals surface area contributed by atoms with Gasteiger partial charge in [-0.25, -0.2) is 0 Å². The van der Waals surface area contributed by atoms with Crippen molar-refractivity contribution in [3.05, 3.63) is 54.6 Å². The molecule has 1 heterocycles. The molecule has 3 heteroatoms. The molecule has 2 aromatic carbocycles. The molecule has 1 N–H and O–H groups in total. The van der Waals surface area contributed by atoms with Crippen molar-refractivity contribution in [3.63, 3.8) is 0 Å². The number of hydrogen-bond donors (Lipinski definition) is 1. The van der Waals surface area contributed by atoms with Gasteiger partial charge in [0.25, 0.3) is 0 Å². The Morgan fingerprint density at radius 3 is 2.15 bits per heavy atom. The Balaban J connectivity index is 1.55. The van der Waals surface area contributed by atoms with Gasteiger partial charge in [0.05, 0.1) is 19.6 Å². The first kappa shape index (κ1) is 19.9. The topological polar surface area (TPSA) is 29.5 Å². The van der Waals surface area contributed by atoms with Crippen LogP contribution in [-0.4, -0.2) is 48.5 Å². The van der Waals surface area contributed by atoms with Gasteiger partial charge in [-0.15, -0.1) is 0 Å². The summed E-state index contributed by atoms with van der Waals surface area (Å²) in [5, 5.41) is 10.6. The Morgan fingerprint density at radius 2 is 1.56 bits per heavy atom. The molecule has 3 rings (SSSR count). The molecular formula is C24H34NO2+. The number of aliphatic hydroxyl groups excluding tert-OH is 1. The van der Waals surface area contributed by atoms with E-state index in [0.29, 0.717) is 6.61 Å². The normalized spacial score (nSPS) is 26.5. The average molecular weight is 369 g/mol. The van der Waals surface area contributed by atoms with Gasteiger partial charge in [-0.05, 0) is 36.6 Å². The maximum absolute atomic E-state index is 10.6. The summed E-state index contributed by atoms with van der Waals surface area (Å²) in [6.07, 6.45) is 0.872. The fourth-order valence-corrected chi connectivity index (χ4v) is 4.84. The van der Waals surface area contributed by atoms with Crippen LogP contribution in [0, 0.1) is 11.8 Å². The Morgan fingerprint density at radius 1 is 0.963 bits per heavy atom. The highest BCUT2D eigenvalue weighted by Crippen LogP contribution is 2.28. The summed E-state index contributed by atoms with van der Waals surface area (Å²) in [4.78, 5) is 0. The van der Waals surface area contributed by atoms with Gasteiger partial charge in [-0.1, -0.05) is 56.3 Å². The van der Waals surface area contributed by atoms with E-state index in [-0.39, 0.29) is 0 Å². The van der Waals surface area contributed by atoms with Crippen molar-refractivity contribution in [2.45, 2.75) is 33.3 Å². The number of rotatable bonds is 7. The standard InChI is InChI=1S/C24H34NO2/c1-4-25(15-19(2)14-20(3)16-25)17-23(26)18-27-24-12-10-22(11-13-24)21-8-6-5-7-9-21/h5-13,19-20,23,26H,4,14-18H2,1-3H3/q+1. The van der Waals surface area contributed by atoms with Gasteiger partial charge in [0.15, 0.2) is 0 Å². The van der Waals surface area contributed by atoms with Gasteiger partial charge in [-0.3, -0.25) is 0 Å². The molecule has 27 heavy (non-hydrogen) atoms.